The molecular formula is C23H23F3N4O4S. The molecule has 1 fully saturated rings. The van der Waals surface area contributed by atoms with Crippen LogP contribution in [0, 0.1) is 0 Å². The predicted molar refractivity (Wildman–Crippen MR) is 123 cm³/mol. The third-order valence-corrected chi connectivity index (χ3v) is 7.62. The van der Waals surface area contributed by atoms with Gasteiger partial charge in [0, 0.05) is 31.7 Å². The van der Waals surface area contributed by atoms with E-state index in [2.05, 4.69) is 10.2 Å². The van der Waals surface area contributed by atoms with Crippen LogP contribution in [0.4, 0.5) is 19.0 Å². The molecule has 0 aliphatic carbocycles. The zero-order valence-corrected chi connectivity index (χ0v) is 19.8. The van der Waals surface area contributed by atoms with Crippen molar-refractivity contribution in [3.63, 3.8) is 0 Å². The van der Waals surface area contributed by atoms with Crippen molar-refractivity contribution >= 4 is 15.8 Å². The summed E-state index contributed by atoms with van der Waals surface area (Å²) in [6, 6.07) is 12.6. The van der Waals surface area contributed by atoms with Crippen molar-refractivity contribution in [2.75, 3.05) is 45.3 Å². The second-order valence-corrected chi connectivity index (χ2v) is 9.70. The van der Waals surface area contributed by atoms with Gasteiger partial charge in [0.05, 0.1) is 30.4 Å². The SMILES string of the molecule is COc1ccc(-c2ccc(N3CCN(S(=O)(=O)c4ccc(C(F)(F)F)cc4)CC3)nn2)cc1OC. The average molecular weight is 509 g/mol. The second-order valence-electron chi connectivity index (χ2n) is 7.76. The Morgan fingerprint density at radius 1 is 0.829 bits per heavy atom. The van der Waals surface area contributed by atoms with Gasteiger partial charge in [0.25, 0.3) is 0 Å². The molecule has 0 unspecified atom stereocenters. The molecule has 0 radical (unpaired) electrons. The lowest BCUT2D eigenvalue weighted by atomic mass is 10.1. The molecule has 3 aromatic rings. The van der Waals surface area contributed by atoms with E-state index in [1.807, 2.05) is 17.0 Å². The summed E-state index contributed by atoms with van der Waals surface area (Å²) in [4.78, 5) is 1.74. The molecule has 0 atom stereocenters. The predicted octanol–water partition coefficient (Wildman–Crippen LogP) is 3.69. The Morgan fingerprint density at radius 2 is 1.49 bits per heavy atom. The molecule has 2 heterocycles. The highest BCUT2D eigenvalue weighted by Gasteiger charge is 2.32. The topological polar surface area (TPSA) is 84.9 Å². The van der Waals surface area contributed by atoms with Gasteiger partial charge in [0.1, 0.15) is 0 Å². The fourth-order valence-corrected chi connectivity index (χ4v) is 5.19. The largest absolute Gasteiger partial charge is 0.493 e. The van der Waals surface area contributed by atoms with Gasteiger partial charge in [0.15, 0.2) is 17.3 Å². The molecule has 35 heavy (non-hydrogen) atoms. The first-order valence-corrected chi connectivity index (χ1v) is 12.1. The molecule has 0 N–H and O–H groups in total. The number of hydrogen-bond donors (Lipinski definition) is 0. The Labute approximate surface area is 201 Å². The second kappa shape index (κ2) is 9.70. The molecule has 2 aromatic carbocycles. The van der Waals surface area contributed by atoms with Crippen LogP contribution in [0.2, 0.25) is 0 Å². The number of piperazine rings is 1. The van der Waals surface area contributed by atoms with Crippen LogP contribution < -0.4 is 14.4 Å². The Balaban J connectivity index is 1.42. The number of hydrogen-bond acceptors (Lipinski definition) is 7. The van der Waals surface area contributed by atoms with Gasteiger partial charge in [-0.05, 0) is 54.6 Å². The number of sulfonamides is 1. The van der Waals surface area contributed by atoms with E-state index in [1.165, 1.54) is 4.31 Å². The summed E-state index contributed by atoms with van der Waals surface area (Å²) >= 11 is 0. The number of aromatic nitrogens is 2. The lowest BCUT2D eigenvalue weighted by Crippen LogP contribution is -2.49. The maximum absolute atomic E-state index is 12.9. The smallest absolute Gasteiger partial charge is 0.416 e. The monoisotopic (exact) mass is 508 g/mol. The Bertz CT molecular complexity index is 1280. The normalized spacial score (nSPS) is 15.2. The molecule has 4 rings (SSSR count). The minimum atomic E-state index is -4.52. The molecular weight excluding hydrogens is 485 g/mol. The van der Waals surface area contributed by atoms with Crippen molar-refractivity contribution in [1.82, 2.24) is 14.5 Å². The van der Waals surface area contributed by atoms with Crippen molar-refractivity contribution in [1.29, 1.82) is 0 Å². The van der Waals surface area contributed by atoms with Crippen molar-refractivity contribution in [2.45, 2.75) is 11.1 Å². The van der Waals surface area contributed by atoms with Gasteiger partial charge >= 0.3 is 6.18 Å². The van der Waals surface area contributed by atoms with E-state index >= 15 is 0 Å². The number of alkyl halides is 3. The number of halogens is 3. The quantitative estimate of drug-likeness (QED) is 0.502. The Hall–Kier alpha value is -3.38. The highest BCUT2D eigenvalue weighted by atomic mass is 32.2. The van der Waals surface area contributed by atoms with E-state index in [0.29, 0.717) is 36.1 Å². The molecule has 8 nitrogen and oxygen atoms in total. The molecule has 186 valence electrons. The summed E-state index contributed by atoms with van der Waals surface area (Å²) in [6.07, 6.45) is -4.52. The van der Waals surface area contributed by atoms with Crippen LogP contribution in [0.5, 0.6) is 11.5 Å². The van der Waals surface area contributed by atoms with Gasteiger partial charge < -0.3 is 14.4 Å². The van der Waals surface area contributed by atoms with E-state index < -0.39 is 21.8 Å². The van der Waals surface area contributed by atoms with Gasteiger partial charge in [-0.25, -0.2) is 8.42 Å². The Morgan fingerprint density at radius 3 is 2.03 bits per heavy atom. The summed E-state index contributed by atoms with van der Waals surface area (Å²) in [6.45, 7) is 1.07. The minimum absolute atomic E-state index is 0.169. The number of anilines is 1. The molecule has 1 aliphatic rings. The number of nitrogens with zero attached hydrogens (tertiary/aromatic N) is 4. The summed E-state index contributed by atoms with van der Waals surface area (Å²) in [5.41, 5.74) is 0.545. The first-order valence-electron chi connectivity index (χ1n) is 10.6. The zero-order valence-electron chi connectivity index (χ0n) is 19.0. The third kappa shape index (κ3) is 5.17. The maximum atomic E-state index is 12.9. The summed E-state index contributed by atoms with van der Waals surface area (Å²) in [5, 5.41) is 8.57. The molecule has 0 saturated carbocycles. The van der Waals surface area contributed by atoms with Crippen molar-refractivity contribution in [2.24, 2.45) is 0 Å². The van der Waals surface area contributed by atoms with Gasteiger partial charge in [-0.15, -0.1) is 10.2 Å². The number of rotatable bonds is 6. The van der Waals surface area contributed by atoms with Crippen molar-refractivity contribution in [3.8, 4) is 22.8 Å². The molecule has 1 aliphatic heterocycles. The van der Waals surface area contributed by atoms with Gasteiger partial charge in [-0.2, -0.15) is 17.5 Å². The number of ether oxygens (including phenoxy) is 2. The van der Waals surface area contributed by atoms with Crippen LogP contribution in [0.3, 0.4) is 0 Å². The van der Waals surface area contributed by atoms with E-state index in [-0.39, 0.29) is 18.0 Å². The van der Waals surface area contributed by atoms with E-state index in [0.717, 1.165) is 29.8 Å². The number of benzene rings is 2. The van der Waals surface area contributed by atoms with Crippen molar-refractivity contribution in [3.05, 3.63) is 60.2 Å². The number of methoxy groups -OCH3 is 2. The third-order valence-electron chi connectivity index (χ3n) is 5.71. The van der Waals surface area contributed by atoms with Crippen LogP contribution in [0.1, 0.15) is 5.56 Å². The van der Waals surface area contributed by atoms with Crippen LogP contribution >= 0.6 is 0 Å². The lowest BCUT2D eigenvalue weighted by Gasteiger charge is -2.34. The molecule has 1 aromatic heterocycles. The van der Waals surface area contributed by atoms with Crippen LogP contribution in [0.15, 0.2) is 59.5 Å². The van der Waals surface area contributed by atoms with Crippen LogP contribution in [-0.4, -0.2) is 63.3 Å². The first kappa shape index (κ1) is 24.7. The Kier molecular flexibility index (Phi) is 6.86. The minimum Gasteiger partial charge on any atom is -0.493 e. The summed E-state index contributed by atoms with van der Waals surface area (Å²) in [7, 11) is -0.798. The molecule has 0 amide bonds. The zero-order chi connectivity index (χ0) is 25.2. The van der Waals surface area contributed by atoms with E-state index in [1.54, 1.807) is 32.4 Å². The summed E-state index contributed by atoms with van der Waals surface area (Å²) < 4.78 is 75.9. The maximum Gasteiger partial charge on any atom is 0.416 e. The fourth-order valence-electron chi connectivity index (χ4n) is 3.77. The van der Waals surface area contributed by atoms with Crippen LogP contribution in [-0.2, 0) is 16.2 Å². The van der Waals surface area contributed by atoms with Crippen LogP contribution in [0.25, 0.3) is 11.3 Å². The lowest BCUT2D eigenvalue weighted by molar-refractivity contribution is -0.137. The highest BCUT2D eigenvalue weighted by molar-refractivity contribution is 7.89. The van der Waals surface area contributed by atoms with Gasteiger partial charge in [0.2, 0.25) is 10.0 Å². The molecule has 12 heteroatoms. The first-order chi connectivity index (χ1) is 16.6. The fraction of sp³-hybridized carbons (Fsp3) is 0.304. The van der Waals surface area contributed by atoms with Crippen molar-refractivity contribution < 1.29 is 31.1 Å². The molecule has 1 saturated heterocycles. The van der Waals surface area contributed by atoms with Gasteiger partial charge in [-0.1, -0.05) is 0 Å². The molecule has 0 spiro atoms. The van der Waals surface area contributed by atoms with E-state index in [9.17, 15) is 21.6 Å². The van der Waals surface area contributed by atoms with E-state index in [4.69, 9.17) is 9.47 Å². The average Bonchev–Trinajstić information content (AvgIpc) is 2.88. The standard InChI is InChI=1S/C23H23F3N4O4S/c1-33-20-9-3-16(15-21(20)34-2)19-8-10-22(28-27-19)29-11-13-30(14-12-29)35(31,32)18-6-4-17(5-7-18)23(24,25)26/h3-10,15H,11-14H2,1-2H3. The van der Waals surface area contributed by atoms with Gasteiger partial charge in [-0.3, -0.25) is 0 Å². The summed E-state index contributed by atoms with van der Waals surface area (Å²) in [5.74, 6) is 1.77. The molecule has 0 bridgehead atoms. The highest BCUT2D eigenvalue weighted by Crippen LogP contribution is 2.32.